The topological polar surface area (TPSA) is 179 Å². The van der Waals surface area contributed by atoms with E-state index in [9.17, 15) is 28.8 Å². The van der Waals surface area contributed by atoms with Crippen LogP contribution < -0.4 is 5.32 Å². The maximum atomic E-state index is 13.6. The zero-order valence-corrected chi connectivity index (χ0v) is 45.0. The van der Waals surface area contributed by atoms with Gasteiger partial charge in [0.2, 0.25) is 5.91 Å². The van der Waals surface area contributed by atoms with Crippen molar-refractivity contribution in [3.8, 4) is 0 Å². The third kappa shape index (κ3) is 34.7. The average molecular weight is 994 g/mol. The summed E-state index contributed by atoms with van der Waals surface area (Å²) in [6, 6.07) is -0.919. The van der Waals surface area contributed by atoms with E-state index in [1.807, 2.05) is 6.08 Å². The van der Waals surface area contributed by atoms with Crippen molar-refractivity contribution in [3.05, 3.63) is 12.2 Å². The fourth-order valence-electron chi connectivity index (χ4n) is 8.99. The lowest BCUT2D eigenvalue weighted by molar-refractivity contribution is -0.309. The summed E-state index contributed by atoms with van der Waals surface area (Å²) in [7, 11) is 0. The van der Waals surface area contributed by atoms with Gasteiger partial charge in [0, 0.05) is 41.0 Å². The van der Waals surface area contributed by atoms with Gasteiger partial charge in [-0.1, -0.05) is 200 Å². The van der Waals surface area contributed by atoms with E-state index in [1.54, 1.807) is 6.08 Å². The molecular formula is C56H99NO13. The highest BCUT2D eigenvalue weighted by Gasteiger charge is 2.53. The Bertz CT molecular complexity index is 1420. The van der Waals surface area contributed by atoms with Crippen molar-refractivity contribution in [2.45, 2.75) is 297 Å². The van der Waals surface area contributed by atoms with Gasteiger partial charge in [0.15, 0.2) is 24.6 Å². The van der Waals surface area contributed by atoms with Gasteiger partial charge in [0.1, 0.15) is 18.8 Å². The van der Waals surface area contributed by atoms with Gasteiger partial charge in [0.25, 0.3) is 0 Å². The van der Waals surface area contributed by atoms with Gasteiger partial charge < -0.3 is 38.5 Å². The third-order valence-corrected chi connectivity index (χ3v) is 12.7. The second-order valence-corrected chi connectivity index (χ2v) is 19.5. The minimum atomic E-state index is -1.47. The summed E-state index contributed by atoms with van der Waals surface area (Å²) in [6.45, 7) is 9.69. The Labute approximate surface area is 423 Å². The molecule has 7 atom stereocenters. The number of carbonyl (C=O) groups excluding carboxylic acids is 6. The minimum Gasteiger partial charge on any atom is -0.463 e. The standard InChI is InChI=1S/C56H99NO13/c1-8-10-12-14-16-18-20-22-23-24-25-26-27-29-31-33-35-37-39-41-52(63)57-49(50(66-45(4)59)40-38-36-34-32-30-28-21-19-17-15-13-11-9-2)42-65-56-55(69-48(7)62)54(68-47(6)61)53(67-46(5)60)51(70-56)43-64-44(3)58/h38,40,49-51,53-56H,8-37,39,41-43H2,1-7H3,(H,57,63). The minimum absolute atomic E-state index is 0.252. The van der Waals surface area contributed by atoms with E-state index in [-0.39, 0.29) is 18.9 Å². The quantitative estimate of drug-likeness (QED) is 0.0264. The van der Waals surface area contributed by atoms with Crippen LogP contribution in [0.1, 0.15) is 254 Å². The number of rotatable bonds is 44. The molecule has 1 amide bonds. The molecule has 70 heavy (non-hydrogen) atoms. The van der Waals surface area contributed by atoms with Crippen LogP contribution in [0.5, 0.6) is 0 Å². The summed E-state index contributed by atoms with van der Waals surface area (Å²) in [5.41, 5.74) is 0. The number of hydrogen-bond acceptors (Lipinski definition) is 13. The molecule has 14 nitrogen and oxygen atoms in total. The highest BCUT2D eigenvalue weighted by molar-refractivity contribution is 5.76. The third-order valence-electron chi connectivity index (χ3n) is 12.7. The van der Waals surface area contributed by atoms with E-state index in [2.05, 4.69) is 19.2 Å². The molecule has 0 spiro atoms. The first kappa shape index (κ1) is 64.5. The van der Waals surface area contributed by atoms with Gasteiger partial charge in [-0.3, -0.25) is 28.8 Å². The molecule has 0 bridgehead atoms. The largest absolute Gasteiger partial charge is 0.463 e. The molecule has 0 saturated carbocycles. The Morgan fingerprint density at radius 2 is 0.886 bits per heavy atom. The number of allylic oxidation sites excluding steroid dienone is 1. The van der Waals surface area contributed by atoms with Crippen LogP contribution in [0.15, 0.2) is 12.2 Å². The van der Waals surface area contributed by atoms with Crippen molar-refractivity contribution < 1.29 is 61.9 Å². The van der Waals surface area contributed by atoms with Crippen molar-refractivity contribution in [1.82, 2.24) is 5.32 Å². The van der Waals surface area contributed by atoms with E-state index < -0.39 is 79.3 Å². The van der Waals surface area contributed by atoms with Crippen LogP contribution in [0.3, 0.4) is 0 Å². The van der Waals surface area contributed by atoms with Crippen molar-refractivity contribution in [3.63, 3.8) is 0 Å². The highest BCUT2D eigenvalue weighted by atomic mass is 16.7. The molecule has 0 radical (unpaired) electrons. The van der Waals surface area contributed by atoms with Crippen molar-refractivity contribution in [1.29, 1.82) is 0 Å². The summed E-state index contributed by atoms with van der Waals surface area (Å²) >= 11 is 0. The zero-order chi connectivity index (χ0) is 51.6. The van der Waals surface area contributed by atoms with Crippen LogP contribution in [0.4, 0.5) is 0 Å². The molecule has 1 aliphatic rings. The fourth-order valence-corrected chi connectivity index (χ4v) is 8.99. The maximum Gasteiger partial charge on any atom is 0.303 e. The fraction of sp³-hybridized carbons (Fsp3) is 0.857. The smallest absolute Gasteiger partial charge is 0.303 e. The average Bonchev–Trinajstić information content (AvgIpc) is 3.30. The Balaban J connectivity index is 2.96. The molecular weight excluding hydrogens is 895 g/mol. The molecule has 0 aromatic heterocycles. The van der Waals surface area contributed by atoms with Crippen LogP contribution in [-0.4, -0.2) is 91.8 Å². The first-order valence-electron chi connectivity index (χ1n) is 27.8. The second kappa shape index (κ2) is 43.1. The molecule has 1 rings (SSSR count). The lowest BCUT2D eigenvalue weighted by atomic mass is 9.98. The lowest BCUT2D eigenvalue weighted by Crippen LogP contribution is -2.63. The summed E-state index contributed by atoms with van der Waals surface area (Å²) in [6.07, 6.45) is 34.1. The van der Waals surface area contributed by atoms with E-state index in [1.165, 1.54) is 162 Å². The van der Waals surface area contributed by atoms with Gasteiger partial charge in [-0.15, -0.1) is 0 Å². The maximum absolute atomic E-state index is 13.6. The van der Waals surface area contributed by atoms with Crippen molar-refractivity contribution in [2.24, 2.45) is 0 Å². The Kier molecular flexibility index (Phi) is 39.7. The number of amides is 1. The SMILES string of the molecule is CCCCCCCCCCCCCC=CC(OC(C)=O)C(COC1OC(COC(C)=O)C(OC(C)=O)C(OC(C)=O)C1OC(C)=O)NC(=O)CCCCCCCCCCCCCCCCCCCCC. The van der Waals surface area contributed by atoms with Gasteiger partial charge >= 0.3 is 29.8 Å². The first-order chi connectivity index (χ1) is 33.8. The van der Waals surface area contributed by atoms with Crippen molar-refractivity contribution in [2.75, 3.05) is 13.2 Å². The van der Waals surface area contributed by atoms with E-state index in [0.717, 1.165) is 65.7 Å². The molecule has 1 fully saturated rings. The highest BCUT2D eigenvalue weighted by Crippen LogP contribution is 2.30. The number of carbonyl (C=O) groups is 6. The summed E-state index contributed by atoms with van der Waals surface area (Å²) < 4.78 is 40.1. The number of ether oxygens (including phenoxy) is 7. The molecule has 7 unspecified atom stereocenters. The van der Waals surface area contributed by atoms with Crippen LogP contribution >= 0.6 is 0 Å². The monoisotopic (exact) mass is 994 g/mol. The molecule has 1 aliphatic heterocycles. The van der Waals surface area contributed by atoms with E-state index >= 15 is 0 Å². The number of nitrogens with one attached hydrogen (secondary N) is 1. The first-order valence-corrected chi connectivity index (χ1v) is 27.8. The van der Waals surface area contributed by atoms with Crippen LogP contribution in [0.2, 0.25) is 0 Å². The molecule has 406 valence electrons. The normalized spacial score (nSPS) is 18.8. The van der Waals surface area contributed by atoms with Gasteiger partial charge in [-0.2, -0.15) is 0 Å². The molecule has 14 heteroatoms. The molecule has 1 heterocycles. The molecule has 1 N–H and O–H groups in total. The van der Waals surface area contributed by atoms with E-state index in [4.69, 9.17) is 33.2 Å². The molecule has 0 aromatic carbocycles. The predicted octanol–water partition coefficient (Wildman–Crippen LogP) is 12.6. The van der Waals surface area contributed by atoms with Gasteiger partial charge in [-0.05, 0) is 25.3 Å². The molecule has 1 saturated heterocycles. The molecule has 0 aromatic rings. The van der Waals surface area contributed by atoms with Crippen LogP contribution in [0, 0.1) is 0 Å². The molecule has 0 aliphatic carbocycles. The van der Waals surface area contributed by atoms with Crippen LogP contribution in [-0.2, 0) is 61.9 Å². The van der Waals surface area contributed by atoms with Gasteiger partial charge in [0.05, 0.1) is 12.6 Å². The lowest BCUT2D eigenvalue weighted by Gasteiger charge is -2.44. The second-order valence-electron chi connectivity index (χ2n) is 19.5. The van der Waals surface area contributed by atoms with E-state index in [0.29, 0.717) is 6.42 Å². The number of esters is 5. The Morgan fingerprint density at radius 1 is 0.486 bits per heavy atom. The Morgan fingerprint density at radius 3 is 1.30 bits per heavy atom. The Hall–Kier alpha value is -3.52. The summed E-state index contributed by atoms with van der Waals surface area (Å²) in [5, 5.41) is 3.02. The van der Waals surface area contributed by atoms with Gasteiger partial charge in [-0.25, -0.2) is 0 Å². The predicted molar refractivity (Wildman–Crippen MR) is 274 cm³/mol. The van der Waals surface area contributed by atoms with Crippen molar-refractivity contribution >= 4 is 35.8 Å². The number of unbranched alkanes of at least 4 members (excludes halogenated alkanes) is 29. The number of hydrogen-bond donors (Lipinski definition) is 1. The summed E-state index contributed by atoms with van der Waals surface area (Å²) in [4.78, 5) is 75.1. The van der Waals surface area contributed by atoms with Crippen LogP contribution in [0.25, 0.3) is 0 Å². The summed E-state index contributed by atoms with van der Waals surface area (Å²) in [5.74, 6) is -3.76. The zero-order valence-electron chi connectivity index (χ0n) is 45.0.